The van der Waals surface area contributed by atoms with Crippen LogP contribution in [0.15, 0.2) is 224 Å². The average Bonchev–Trinajstić information content (AvgIpc) is 3.66. The molecule has 0 atom stereocenters. The van der Waals surface area contributed by atoms with Crippen LogP contribution in [0, 0.1) is 0 Å². The third kappa shape index (κ3) is 6.36. The maximum absolute atomic E-state index is 5.30. The summed E-state index contributed by atoms with van der Waals surface area (Å²) in [5.41, 5.74) is 16.7. The molecule has 3 nitrogen and oxygen atoms in total. The van der Waals surface area contributed by atoms with Crippen molar-refractivity contribution in [1.82, 2.24) is 14.5 Å². The van der Waals surface area contributed by atoms with E-state index in [4.69, 9.17) is 9.97 Å². The molecule has 0 spiro atoms. The molecule has 2 aromatic heterocycles. The number of rotatable bonds is 7. The fourth-order valence-corrected chi connectivity index (χ4v) is 8.46. The van der Waals surface area contributed by atoms with E-state index < -0.39 is 0 Å². The first-order valence-electron chi connectivity index (χ1n) is 20.1. The van der Waals surface area contributed by atoms with Crippen molar-refractivity contribution >= 4 is 32.7 Å². The Morgan fingerprint density at radius 1 is 0.271 bits per heavy atom. The Morgan fingerprint density at radius 3 is 1.39 bits per heavy atom. The van der Waals surface area contributed by atoms with Gasteiger partial charge in [0.05, 0.1) is 22.2 Å². The highest BCUT2D eigenvalue weighted by Gasteiger charge is 2.16. The van der Waals surface area contributed by atoms with Crippen LogP contribution in [-0.4, -0.2) is 14.5 Å². The summed E-state index contributed by atoms with van der Waals surface area (Å²) in [5, 5.41) is 3.50. The van der Waals surface area contributed by atoms with Gasteiger partial charge >= 0.3 is 0 Å². The van der Waals surface area contributed by atoms with Crippen molar-refractivity contribution < 1.29 is 0 Å². The summed E-state index contributed by atoms with van der Waals surface area (Å²) < 4.78 is 2.37. The van der Waals surface area contributed by atoms with E-state index in [9.17, 15) is 0 Å². The van der Waals surface area contributed by atoms with Crippen molar-refractivity contribution in [3.63, 3.8) is 0 Å². The Morgan fingerprint density at radius 2 is 0.746 bits per heavy atom. The smallest absolute Gasteiger partial charge is 0.160 e. The number of hydrogen-bond acceptors (Lipinski definition) is 2. The topological polar surface area (TPSA) is 30.7 Å². The molecule has 59 heavy (non-hydrogen) atoms. The number of para-hydroxylation sites is 2. The molecule has 276 valence electrons. The molecule has 0 amide bonds. The lowest BCUT2D eigenvalue weighted by atomic mass is 9.93. The van der Waals surface area contributed by atoms with Crippen LogP contribution in [0.4, 0.5) is 0 Å². The summed E-state index contributed by atoms with van der Waals surface area (Å²) in [6, 6.07) is 79.9. The molecule has 0 aliphatic carbocycles. The number of hydrogen-bond donors (Lipinski definition) is 0. The van der Waals surface area contributed by atoms with E-state index in [2.05, 4.69) is 229 Å². The quantitative estimate of drug-likeness (QED) is 0.162. The molecule has 3 heteroatoms. The van der Waals surface area contributed by atoms with Crippen LogP contribution in [0.25, 0.3) is 106 Å². The predicted molar refractivity (Wildman–Crippen MR) is 246 cm³/mol. The number of fused-ring (bicyclic) bond motifs is 4. The van der Waals surface area contributed by atoms with Gasteiger partial charge in [-0.15, -0.1) is 0 Å². The van der Waals surface area contributed by atoms with Crippen LogP contribution in [0.2, 0.25) is 0 Å². The van der Waals surface area contributed by atoms with Crippen LogP contribution in [0.3, 0.4) is 0 Å². The SMILES string of the molecule is c1ccc(-c2cc(-c3ccccc3)cc(-c3ccc(-c4nc(-c5ccccc5)c5cc(-c6ccc7c8ccccc8n(-c8ccccc8)c7c6)ccc5n4)cc3)c2)cc1. The standard InChI is InChI=1S/C56H37N3/c1-5-15-38(16-6-1)45-33-46(39-17-7-2-8-18-39)35-47(34-45)40-25-27-42(28-26-40)56-57-52-32-30-43(36-51(52)55(58-56)41-19-9-3-10-20-41)44-29-31-50-49-23-13-14-24-53(49)59(54(50)37-44)48-21-11-4-12-22-48/h1-37H. The number of nitrogens with zero attached hydrogens (tertiary/aromatic N) is 3. The second kappa shape index (κ2) is 14.6. The lowest BCUT2D eigenvalue weighted by molar-refractivity contribution is 1.18. The molecule has 0 saturated carbocycles. The largest absolute Gasteiger partial charge is 0.309 e. The summed E-state index contributed by atoms with van der Waals surface area (Å²) in [6.07, 6.45) is 0. The fraction of sp³-hybridized carbons (Fsp3) is 0. The molecule has 0 bridgehead atoms. The first-order chi connectivity index (χ1) is 29.2. The lowest BCUT2D eigenvalue weighted by Crippen LogP contribution is -1.96. The molecule has 0 aliphatic rings. The van der Waals surface area contributed by atoms with Crippen LogP contribution in [0.5, 0.6) is 0 Å². The Kier molecular flexibility index (Phi) is 8.49. The first kappa shape index (κ1) is 34.4. The Balaban J connectivity index is 1.01. The Labute approximate surface area is 343 Å². The van der Waals surface area contributed by atoms with Crippen molar-refractivity contribution in [3.05, 3.63) is 224 Å². The molecule has 0 aliphatic heterocycles. The van der Waals surface area contributed by atoms with Crippen molar-refractivity contribution in [2.24, 2.45) is 0 Å². The summed E-state index contributed by atoms with van der Waals surface area (Å²) in [4.78, 5) is 10.5. The van der Waals surface area contributed by atoms with Crippen molar-refractivity contribution in [2.75, 3.05) is 0 Å². The number of benzene rings is 9. The zero-order valence-corrected chi connectivity index (χ0v) is 32.2. The third-order valence-electron chi connectivity index (χ3n) is 11.4. The van der Waals surface area contributed by atoms with Crippen molar-refractivity contribution in [2.45, 2.75) is 0 Å². The summed E-state index contributed by atoms with van der Waals surface area (Å²) in [6.45, 7) is 0. The van der Waals surface area contributed by atoms with Crippen LogP contribution in [-0.2, 0) is 0 Å². The highest BCUT2D eigenvalue weighted by molar-refractivity contribution is 6.10. The second-order valence-corrected chi connectivity index (χ2v) is 15.0. The molecule has 11 aromatic rings. The van der Waals surface area contributed by atoms with Crippen LogP contribution < -0.4 is 0 Å². The molecule has 11 rings (SSSR count). The molecule has 0 unspecified atom stereocenters. The maximum Gasteiger partial charge on any atom is 0.160 e. The van der Waals surface area contributed by atoms with E-state index in [0.29, 0.717) is 5.82 Å². The molecular formula is C56H37N3. The highest BCUT2D eigenvalue weighted by Crippen LogP contribution is 2.38. The minimum absolute atomic E-state index is 0.701. The fourth-order valence-electron chi connectivity index (χ4n) is 8.46. The summed E-state index contributed by atoms with van der Waals surface area (Å²) in [7, 11) is 0. The van der Waals surface area contributed by atoms with E-state index in [1.165, 1.54) is 44.1 Å². The van der Waals surface area contributed by atoms with E-state index in [1.54, 1.807) is 0 Å². The van der Waals surface area contributed by atoms with E-state index in [1.807, 2.05) is 0 Å². The van der Waals surface area contributed by atoms with Gasteiger partial charge in [0.25, 0.3) is 0 Å². The van der Waals surface area contributed by atoms with Crippen molar-refractivity contribution in [1.29, 1.82) is 0 Å². The molecule has 9 aromatic carbocycles. The van der Waals surface area contributed by atoms with Gasteiger partial charge in [-0.3, -0.25) is 0 Å². The molecular weight excluding hydrogens is 715 g/mol. The lowest BCUT2D eigenvalue weighted by Gasteiger charge is -2.13. The predicted octanol–water partition coefficient (Wildman–Crippen LogP) is 14.7. The summed E-state index contributed by atoms with van der Waals surface area (Å²) in [5.74, 6) is 0.701. The van der Waals surface area contributed by atoms with Gasteiger partial charge in [0.15, 0.2) is 5.82 Å². The second-order valence-electron chi connectivity index (χ2n) is 15.0. The highest BCUT2D eigenvalue weighted by atomic mass is 15.0. The molecule has 2 heterocycles. The van der Waals surface area contributed by atoms with Gasteiger partial charge in [0.2, 0.25) is 0 Å². The van der Waals surface area contributed by atoms with E-state index in [-0.39, 0.29) is 0 Å². The maximum atomic E-state index is 5.30. The summed E-state index contributed by atoms with van der Waals surface area (Å²) >= 11 is 0. The van der Waals surface area contributed by atoms with Gasteiger partial charge in [-0.05, 0) is 99.1 Å². The van der Waals surface area contributed by atoms with E-state index in [0.717, 1.165) is 55.7 Å². The van der Waals surface area contributed by atoms with Crippen LogP contribution >= 0.6 is 0 Å². The zero-order chi connectivity index (χ0) is 39.1. The monoisotopic (exact) mass is 751 g/mol. The first-order valence-corrected chi connectivity index (χ1v) is 20.1. The van der Waals surface area contributed by atoms with Gasteiger partial charge in [-0.25, -0.2) is 9.97 Å². The molecule has 0 saturated heterocycles. The molecule has 0 N–H and O–H groups in total. The van der Waals surface area contributed by atoms with Gasteiger partial charge in [0.1, 0.15) is 0 Å². The van der Waals surface area contributed by atoms with Gasteiger partial charge in [-0.2, -0.15) is 0 Å². The van der Waals surface area contributed by atoms with Gasteiger partial charge < -0.3 is 4.57 Å². The Hall–Kier alpha value is -7.88. The normalized spacial score (nSPS) is 11.4. The molecule has 0 radical (unpaired) electrons. The van der Waals surface area contributed by atoms with Gasteiger partial charge in [0, 0.05) is 33.0 Å². The third-order valence-corrected chi connectivity index (χ3v) is 11.4. The van der Waals surface area contributed by atoms with E-state index >= 15 is 0 Å². The average molecular weight is 752 g/mol. The minimum Gasteiger partial charge on any atom is -0.309 e. The number of aromatic nitrogens is 3. The van der Waals surface area contributed by atoms with Crippen molar-refractivity contribution in [3.8, 4) is 72.8 Å². The van der Waals surface area contributed by atoms with Crippen LogP contribution in [0.1, 0.15) is 0 Å². The minimum atomic E-state index is 0.701. The van der Waals surface area contributed by atoms with Gasteiger partial charge in [-0.1, -0.05) is 170 Å². The Bertz CT molecular complexity index is 3220. The molecule has 0 fully saturated rings. The zero-order valence-electron chi connectivity index (χ0n) is 32.2.